The van der Waals surface area contributed by atoms with Crippen molar-refractivity contribution < 1.29 is 0 Å². The first-order valence-electron chi connectivity index (χ1n) is 7.60. The van der Waals surface area contributed by atoms with Gasteiger partial charge in [-0.2, -0.15) is 0 Å². The van der Waals surface area contributed by atoms with E-state index in [9.17, 15) is 0 Å². The molecule has 0 aliphatic carbocycles. The molecule has 1 heteroatoms. The third kappa shape index (κ3) is 8.65. The molecule has 0 aliphatic rings. The van der Waals surface area contributed by atoms with Crippen LogP contribution in [-0.4, -0.2) is 6.04 Å². The molecule has 0 amide bonds. The van der Waals surface area contributed by atoms with Crippen molar-refractivity contribution in [2.24, 2.45) is 29.4 Å². The van der Waals surface area contributed by atoms with Crippen molar-refractivity contribution in [1.82, 2.24) is 0 Å². The highest BCUT2D eigenvalue weighted by Gasteiger charge is 2.15. The van der Waals surface area contributed by atoms with Gasteiger partial charge in [0.1, 0.15) is 0 Å². The van der Waals surface area contributed by atoms with E-state index in [2.05, 4.69) is 41.5 Å². The van der Waals surface area contributed by atoms with Crippen LogP contribution in [-0.2, 0) is 0 Å². The number of hydrogen-bond acceptors (Lipinski definition) is 1. The summed E-state index contributed by atoms with van der Waals surface area (Å²) >= 11 is 0. The molecule has 0 aromatic heterocycles. The van der Waals surface area contributed by atoms with Gasteiger partial charge in [0.05, 0.1) is 0 Å². The van der Waals surface area contributed by atoms with Gasteiger partial charge in [-0.1, -0.05) is 60.8 Å². The predicted octanol–water partition coefficient (Wildman–Crippen LogP) is 4.85. The summed E-state index contributed by atoms with van der Waals surface area (Å²) in [6, 6.07) is 0.401. The van der Waals surface area contributed by atoms with E-state index in [1.807, 2.05) is 0 Å². The Bertz CT molecular complexity index is 172. The second-order valence-corrected chi connectivity index (χ2v) is 6.83. The molecule has 0 rings (SSSR count). The highest BCUT2D eigenvalue weighted by Crippen LogP contribution is 2.26. The fraction of sp³-hybridized carbons (Fsp3) is 1.00. The Morgan fingerprint density at radius 1 is 0.765 bits per heavy atom. The van der Waals surface area contributed by atoms with Crippen LogP contribution in [0.1, 0.15) is 73.6 Å². The Balaban J connectivity index is 3.75. The summed E-state index contributed by atoms with van der Waals surface area (Å²) in [4.78, 5) is 0. The Morgan fingerprint density at radius 2 is 1.29 bits per heavy atom. The summed E-state index contributed by atoms with van der Waals surface area (Å²) in [7, 11) is 0. The van der Waals surface area contributed by atoms with Crippen LogP contribution in [0.5, 0.6) is 0 Å². The topological polar surface area (TPSA) is 26.0 Å². The van der Waals surface area contributed by atoms with E-state index in [-0.39, 0.29) is 0 Å². The molecule has 1 nitrogen and oxygen atoms in total. The van der Waals surface area contributed by atoms with Crippen LogP contribution in [0.3, 0.4) is 0 Å². The molecule has 0 aromatic carbocycles. The average molecular weight is 241 g/mol. The Labute approximate surface area is 110 Å². The molecule has 0 radical (unpaired) electrons. The van der Waals surface area contributed by atoms with Gasteiger partial charge in [0.15, 0.2) is 0 Å². The summed E-state index contributed by atoms with van der Waals surface area (Å²) in [5.74, 6) is 3.20. The third-order valence-electron chi connectivity index (χ3n) is 3.94. The SMILES string of the molecule is CC(C)CC(CCCCC(N)C(C)C)C(C)C. The van der Waals surface area contributed by atoms with E-state index < -0.39 is 0 Å². The first-order chi connectivity index (χ1) is 7.84. The maximum absolute atomic E-state index is 6.07. The molecule has 0 heterocycles. The van der Waals surface area contributed by atoms with Gasteiger partial charge in [-0.25, -0.2) is 0 Å². The molecule has 0 aromatic rings. The van der Waals surface area contributed by atoms with E-state index in [1.54, 1.807) is 0 Å². The van der Waals surface area contributed by atoms with Gasteiger partial charge in [0.25, 0.3) is 0 Å². The first kappa shape index (κ1) is 17.0. The second-order valence-electron chi connectivity index (χ2n) is 6.83. The molecule has 2 atom stereocenters. The minimum absolute atomic E-state index is 0.401. The Morgan fingerprint density at radius 3 is 1.71 bits per heavy atom. The number of unbranched alkanes of at least 4 members (excludes halogenated alkanes) is 1. The lowest BCUT2D eigenvalue weighted by atomic mass is 9.83. The number of rotatable bonds is 9. The van der Waals surface area contributed by atoms with Crippen LogP contribution in [0.15, 0.2) is 0 Å². The van der Waals surface area contributed by atoms with Gasteiger partial charge in [0.2, 0.25) is 0 Å². The summed E-state index contributed by atoms with van der Waals surface area (Å²) in [6.07, 6.45) is 6.63. The zero-order valence-corrected chi connectivity index (χ0v) is 13.0. The molecule has 104 valence electrons. The minimum atomic E-state index is 0.401. The van der Waals surface area contributed by atoms with E-state index >= 15 is 0 Å². The van der Waals surface area contributed by atoms with E-state index in [4.69, 9.17) is 5.73 Å². The van der Waals surface area contributed by atoms with Gasteiger partial charge >= 0.3 is 0 Å². The van der Waals surface area contributed by atoms with Crippen LogP contribution in [0.4, 0.5) is 0 Å². The number of hydrogen-bond donors (Lipinski definition) is 1. The molecule has 0 saturated heterocycles. The van der Waals surface area contributed by atoms with Crippen molar-refractivity contribution >= 4 is 0 Å². The summed E-state index contributed by atoms with van der Waals surface area (Å²) < 4.78 is 0. The highest BCUT2D eigenvalue weighted by atomic mass is 14.6. The molecule has 17 heavy (non-hydrogen) atoms. The number of nitrogens with two attached hydrogens (primary N) is 1. The maximum Gasteiger partial charge on any atom is 0.00618 e. The Kier molecular flexibility index (Phi) is 8.94. The van der Waals surface area contributed by atoms with Crippen molar-refractivity contribution in [1.29, 1.82) is 0 Å². The second kappa shape index (κ2) is 8.97. The van der Waals surface area contributed by atoms with Crippen LogP contribution in [0.2, 0.25) is 0 Å². The Hall–Kier alpha value is -0.0400. The normalized spacial score (nSPS) is 15.9. The monoisotopic (exact) mass is 241 g/mol. The molecular weight excluding hydrogens is 206 g/mol. The maximum atomic E-state index is 6.07. The third-order valence-corrected chi connectivity index (χ3v) is 3.94. The summed E-state index contributed by atoms with van der Waals surface area (Å²) in [6.45, 7) is 13.9. The van der Waals surface area contributed by atoms with Crippen molar-refractivity contribution in [3.8, 4) is 0 Å². The fourth-order valence-electron chi connectivity index (χ4n) is 2.45. The van der Waals surface area contributed by atoms with Crippen LogP contribution in [0.25, 0.3) is 0 Å². The largest absolute Gasteiger partial charge is 0.327 e. The van der Waals surface area contributed by atoms with Crippen molar-refractivity contribution in [2.75, 3.05) is 0 Å². The highest BCUT2D eigenvalue weighted by molar-refractivity contribution is 4.68. The van der Waals surface area contributed by atoms with Gasteiger partial charge in [-0.05, 0) is 36.5 Å². The molecule has 0 bridgehead atoms. The molecule has 2 unspecified atom stereocenters. The lowest BCUT2D eigenvalue weighted by Crippen LogP contribution is -2.26. The van der Waals surface area contributed by atoms with E-state index in [1.165, 1.54) is 32.1 Å². The average Bonchev–Trinajstić information content (AvgIpc) is 2.21. The molecule has 2 N–H and O–H groups in total. The molecule has 0 saturated carbocycles. The lowest BCUT2D eigenvalue weighted by molar-refractivity contribution is 0.287. The zero-order chi connectivity index (χ0) is 13.4. The van der Waals surface area contributed by atoms with Gasteiger partial charge in [-0.15, -0.1) is 0 Å². The van der Waals surface area contributed by atoms with E-state index in [0.29, 0.717) is 12.0 Å². The minimum Gasteiger partial charge on any atom is -0.327 e. The van der Waals surface area contributed by atoms with Crippen LogP contribution < -0.4 is 5.73 Å². The van der Waals surface area contributed by atoms with Gasteiger partial charge in [0, 0.05) is 6.04 Å². The molecule has 0 fully saturated rings. The zero-order valence-electron chi connectivity index (χ0n) is 13.0. The lowest BCUT2D eigenvalue weighted by Gasteiger charge is -2.23. The summed E-state index contributed by atoms with van der Waals surface area (Å²) in [5.41, 5.74) is 6.07. The summed E-state index contributed by atoms with van der Waals surface area (Å²) in [5, 5.41) is 0. The van der Waals surface area contributed by atoms with Crippen molar-refractivity contribution in [2.45, 2.75) is 79.7 Å². The molecular formula is C16H35N. The van der Waals surface area contributed by atoms with Crippen LogP contribution in [0, 0.1) is 23.7 Å². The van der Waals surface area contributed by atoms with Crippen LogP contribution >= 0.6 is 0 Å². The van der Waals surface area contributed by atoms with E-state index in [0.717, 1.165) is 17.8 Å². The fourth-order valence-corrected chi connectivity index (χ4v) is 2.45. The van der Waals surface area contributed by atoms with Crippen molar-refractivity contribution in [3.63, 3.8) is 0 Å². The smallest absolute Gasteiger partial charge is 0.00618 e. The van der Waals surface area contributed by atoms with Gasteiger partial charge in [-0.3, -0.25) is 0 Å². The standard InChI is InChI=1S/C16H35N/c1-12(2)11-15(13(3)4)9-7-8-10-16(17)14(5)6/h12-16H,7-11,17H2,1-6H3. The first-order valence-corrected chi connectivity index (χ1v) is 7.60. The van der Waals surface area contributed by atoms with Crippen molar-refractivity contribution in [3.05, 3.63) is 0 Å². The predicted molar refractivity (Wildman–Crippen MR) is 79.1 cm³/mol. The van der Waals surface area contributed by atoms with Gasteiger partial charge < -0.3 is 5.73 Å². The molecule has 0 aliphatic heterocycles. The quantitative estimate of drug-likeness (QED) is 0.574. The molecule has 0 spiro atoms.